The fourth-order valence-corrected chi connectivity index (χ4v) is 3.14. The van der Waals surface area contributed by atoms with Crippen LogP contribution in [0, 0.1) is 16.7 Å². The van der Waals surface area contributed by atoms with Gasteiger partial charge in [-0.3, -0.25) is 10.8 Å². The van der Waals surface area contributed by atoms with Crippen LogP contribution in [-0.4, -0.2) is 48.9 Å². The van der Waals surface area contributed by atoms with Gasteiger partial charge in [0.15, 0.2) is 5.90 Å². The predicted octanol–water partition coefficient (Wildman–Crippen LogP) is 3.00. The summed E-state index contributed by atoms with van der Waals surface area (Å²) in [5.74, 6) is 0.967. The number of nitrogen functional groups attached to an aromatic ring is 1. The zero-order valence-corrected chi connectivity index (χ0v) is 15.7. The number of rotatable bonds is 4. The van der Waals surface area contributed by atoms with Gasteiger partial charge in [0.2, 0.25) is 5.90 Å². The molecule has 0 radical (unpaired) electrons. The maximum atomic E-state index is 8.28. The highest BCUT2D eigenvalue weighted by Gasteiger charge is 2.24. The van der Waals surface area contributed by atoms with Gasteiger partial charge in [0, 0.05) is 17.7 Å². The molecule has 3 rings (SSSR count). The van der Waals surface area contributed by atoms with Gasteiger partial charge in [-0.15, -0.1) is 0 Å². The van der Waals surface area contributed by atoms with Crippen molar-refractivity contribution in [1.29, 1.82) is 10.8 Å². The number of ether oxygens (including phenoxy) is 2. The van der Waals surface area contributed by atoms with E-state index in [1.54, 1.807) is 19.4 Å². The maximum Gasteiger partial charge on any atom is 0.224 e. The first kappa shape index (κ1) is 18.8. The Hall–Kier alpha value is -2.93. The van der Waals surface area contributed by atoms with Crippen molar-refractivity contribution in [1.82, 2.24) is 9.88 Å². The minimum absolute atomic E-state index is 0.0392. The third kappa shape index (κ3) is 4.43. The van der Waals surface area contributed by atoms with E-state index in [1.165, 1.54) is 0 Å². The summed E-state index contributed by atoms with van der Waals surface area (Å²) in [6.07, 6.45) is 3.38. The number of hydrogen-bond acceptors (Lipinski definition) is 7. The van der Waals surface area contributed by atoms with Gasteiger partial charge in [-0.2, -0.15) is 0 Å². The number of methoxy groups -OCH3 is 1. The van der Waals surface area contributed by atoms with E-state index in [1.807, 2.05) is 24.3 Å². The number of pyridine rings is 1. The van der Waals surface area contributed by atoms with Crippen molar-refractivity contribution in [2.24, 2.45) is 5.92 Å². The minimum Gasteiger partial charge on any atom is -0.497 e. The van der Waals surface area contributed by atoms with Gasteiger partial charge in [-0.1, -0.05) is 12.1 Å². The molecule has 1 fully saturated rings. The monoisotopic (exact) mass is 367 g/mol. The zero-order valence-electron chi connectivity index (χ0n) is 15.7. The number of anilines is 1. The first-order chi connectivity index (χ1) is 13.0. The first-order valence-electron chi connectivity index (χ1n) is 8.91. The highest BCUT2D eigenvalue weighted by atomic mass is 16.5. The van der Waals surface area contributed by atoms with E-state index < -0.39 is 0 Å². The highest BCUT2D eigenvalue weighted by Crippen LogP contribution is 2.26. The molecule has 142 valence electrons. The van der Waals surface area contributed by atoms with Gasteiger partial charge in [0.25, 0.3) is 0 Å². The van der Waals surface area contributed by atoms with Crippen molar-refractivity contribution >= 4 is 17.6 Å². The Morgan fingerprint density at radius 2 is 1.93 bits per heavy atom. The van der Waals surface area contributed by atoms with E-state index in [-0.39, 0.29) is 23.5 Å². The third-order valence-corrected chi connectivity index (χ3v) is 4.87. The SMILES string of the molecule is COc1cccc(-c2cnc(N)c(C(=N)OC(=N)C3CCN(C)CC3)c2)c1. The molecule has 7 heteroatoms. The average Bonchev–Trinajstić information content (AvgIpc) is 2.68. The van der Waals surface area contributed by atoms with E-state index in [0.29, 0.717) is 5.56 Å². The molecule has 1 aromatic heterocycles. The fraction of sp³-hybridized carbons (Fsp3) is 0.350. The van der Waals surface area contributed by atoms with Crippen LogP contribution >= 0.6 is 0 Å². The number of nitrogens with two attached hydrogens (primary N) is 1. The van der Waals surface area contributed by atoms with E-state index in [0.717, 1.165) is 42.8 Å². The average molecular weight is 367 g/mol. The molecule has 1 saturated heterocycles. The molecule has 1 aromatic carbocycles. The largest absolute Gasteiger partial charge is 0.497 e. The quantitative estimate of drug-likeness (QED) is 0.569. The van der Waals surface area contributed by atoms with E-state index in [2.05, 4.69) is 16.9 Å². The second-order valence-electron chi connectivity index (χ2n) is 6.76. The minimum atomic E-state index is -0.145. The van der Waals surface area contributed by atoms with Crippen LogP contribution < -0.4 is 10.5 Å². The summed E-state index contributed by atoms with van der Waals surface area (Å²) in [6.45, 7) is 1.86. The molecule has 4 N–H and O–H groups in total. The molecule has 2 aromatic rings. The van der Waals surface area contributed by atoms with Crippen molar-refractivity contribution in [3.8, 4) is 16.9 Å². The van der Waals surface area contributed by atoms with Crippen molar-refractivity contribution in [3.63, 3.8) is 0 Å². The molecule has 1 aliphatic rings. The summed E-state index contributed by atoms with van der Waals surface area (Å²) in [5, 5.41) is 16.5. The van der Waals surface area contributed by atoms with Crippen LogP contribution in [0.1, 0.15) is 18.4 Å². The van der Waals surface area contributed by atoms with Gasteiger partial charge in [-0.25, -0.2) is 4.98 Å². The van der Waals surface area contributed by atoms with Crippen molar-refractivity contribution in [2.45, 2.75) is 12.8 Å². The molecule has 0 saturated carbocycles. The highest BCUT2D eigenvalue weighted by molar-refractivity contribution is 6.03. The third-order valence-electron chi connectivity index (χ3n) is 4.87. The van der Waals surface area contributed by atoms with Crippen LogP contribution in [0.2, 0.25) is 0 Å². The van der Waals surface area contributed by atoms with Gasteiger partial charge in [0.05, 0.1) is 12.7 Å². The Morgan fingerprint density at radius 1 is 1.19 bits per heavy atom. The van der Waals surface area contributed by atoms with Crippen LogP contribution in [0.25, 0.3) is 11.1 Å². The number of likely N-dealkylation sites (tertiary alicyclic amines) is 1. The Bertz CT molecular complexity index is 844. The van der Waals surface area contributed by atoms with E-state index in [4.69, 9.17) is 26.0 Å². The molecule has 7 nitrogen and oxygen atoms in total. The Kier molecular flexibility index (Phi) is 5.71. The molecule has 0 unspecified atom stereocenters. The lowest BCUT2D eigenvalue weighted by Crippen LogP contribution is -2.34. The molecular weight excluding hydrogens is 342 g/mol. The summed E-state index contributed by atoms with van der Waals surface area (Å²) in [7, 11) is 3.68. The predicted molar refractivity (Wildman–Crippen MR) is 106 cm³/mol. The summed E-state index contributed by atoms with van der Waals surface area (Å²) in [6, 6.07) is 9.35. The van der Waals surface area contributed by atoms with Crippen molar-refractivity contribution < 1.29 is 9.47 Å². The zero-order chi connectivity index (χ0) is 19.4. The second-order valence-corrected chi connectivity index (χ2v) is 6.76. The molecule has 0 atom stereocenters. The number of nitrogens with zero attached hydrogens (tertiary/aromatic N) is 2. The number of hydrogen-bond donors (Lipinski definition) is 3. The van der Waals surface area contributed by atoms with Crippen LogP contribution in [0.3, 0.4) is 0 Å². The summed E-state index contributed by atoms with van der Waals surface area (Å²) in [4.78, 5) is 6.43. The van der Waals surface area contributed by atoms with Gasteiger partial charge in [-0.05, 0) is 56.7 Å². The summed E-state index contributed by atoms with van der Waals surface area (Å²) < 4.78 is 10.8. The number of aromatic nitrogens is 1. The van der Waals surface area contributed by atoms with Crippen LogP contribution in [0.4, 0.5) is 5.82 Å². The van der Waals surface area contributed by atoms with Crippen LogP contribution in [0.5, 0.6) is 5.75 Å². The standard InChI is InChI=1S/C20H25N5O2/c1-25-8-6-13(7-9-25)19(22)27-20(23)17-11-15(12-24-18(17)21)14-4-3-5-16(10-14)26-2/h3-5,10-13,22-23H,6-9H2,1-2H3,(H2,21,24). The molecule has 1 aliphatic heterocycles. The van der Waals surface area contributed by atoms with Crippen molar-refractivity contribution in [3.05, 3.63) is 42.1 Å². The Morgan fingerprint density at radius 3 is 2.63 bits per heavy atom. The Labute approximate surface area is 159 Å². The number of piperidine rings is 1. The summed E-state index contributed by atoms with van der Waals surface area (Å²) in [5.41, 5.74) is 8.05. The smallest absolute Gasteiger partial charge is 0.224 e. The first-order valence-corrected chi connectivity index (χ1v) is 8.91. The lowest BCUT2D eigenvalue weighted by Gasteiger charge is -2.28. The fourth-order valence-electron chi connectivity index (χ4n) is 3.14. The van der Waals surface area contributed by atoms with Gasteiger partial charge < -0.3 is 20.1 Å². The molecule has 2 heterocycles. The number of nitrogens with one attached hydrogen (secondary N) is 2. The van der Waals surface area contributed by atoms with E-state index in [9.17, 15) is 0 Å². The number of benzene rings is 1. The Balaban J connectivity index is 1.77. The lowest BCUT2D eigenvalue weighted by atomic mass is 9.97. The van der Waals surface area contributed by atoms with E-state index >= 15 is 0 Å². The molecular formula is C20H25N5O2. The van der Waals surface area contributed by atoms with Crippen LogP contribution in [-0.2, 0) is 4.74 Å². The maximum absolute atomic E-state index is 8.28. The molecule has 0 amide bonds. The molecule has 0 spiro atoms. The summed E-state index contributed by atoms with van der Waals surface area (Å²) >= 11 is 0. The topological polar surface area (TPSA) is 108 Å². The molecule has 0 bridgehead atoms. The molecule has 0 aliphatic carbocycles. The molecule has 27 heavy (non-hydrogen) atoms. The van der Waals surface area contributed by atoms with Crippen LogP contribution in [0.15, 0.2) is 36.5 Å². The normalized spacial score (nSPS) is 15.3. The van der Waals surface area contributed by atoms with Crippen molar-refractivity contribution in [2.75, 3.05) is 33.0 Å². The van der Waals surface area contributed by atoms with Gasteiger partial charge in [0.1, 0.15) is 11.6 Å². The second kappa shape index (κ2) is 8.18. The lowest BCUT2D eigenvalue weighted by molar-refractivity contribution is 0.240. The van der Waals surface area contributed by atoms with Gasteiger partial charge >= 0.3 is 0 Å².